The Kier molecular flexibility index (Phi) is 7.71. The van der Waals surface area contributed by atoms with Crippen molar-refractivity contribution in [2.75, 3.05) is 24.9 Å². The van der Waals surface area contributed by atoms with E-state index in [0.29, 0.717) is 12.8 Å². The van der Waals surface area contributed by atoms with Gasteiger partial charge in [-0.15, -0.1) is 0 Å². The molecular formula is C26H30N2O4. The van der Waals surface area contributed by atoms with Crippen LogP contribution in [0.2, 0.25) is 0 Å². The molecule has 1 aliphatic carbocycles. The van der Waals surface area contributed by atoms with Crippen LogP contribution in [0.1, 0.15) is 36.8 Å². The molecule has 0 aromatic heterocycles. The largest absolute Gasteiger partial charge is 0.469 e. The molecule has 0 fully saturated rings. The number of esters is 2. The standard InChI is InChI=1S/C26H30N2O4/c1-17-5-9-21(10-6-17)27-23-13-20(16-26(30)32-4)24(14-19(23)15-25(29)31-3)28-22-11-7-18(2)8-12-22/h5-12,27-28H,13-16H2,1-4H3. The van der Waals surface area contributed by atoms with Gasteiger partial charge in [0.1, 0.15) is 0 Å². The Hall–Kier alpha value is -3.54. The monoisotopic (exact) mass is 434 g/mol. The van der Waals surface area contributed by atoms with Crippen molar-refractivity contribution in [3.63, 3.8) is 0 Å². The SMILES string of the molecule is COC(=O)CC1=C(Nc2ccc(C)cc2)CC(CC(=O)OC)=C(Nc2ccc(C)cc2)C1. The average Bonchev–Trinajstić information content (AvgIpc) is 2.79. The zero-order chi connectivity index (χ0) is 23.1. The first-order valence-electron chi connectivity index (χ1n) is 10.6. The summed E-state index contributed by atoms with van der Waals surface area (Å²) in [5.41, 5.74) is 7.87. The maximum Gasteiger partial charge on any atom is 0.309 e. The van der Waals surface area contributed by atoms with E-state index < -0.39 is 0 Å². The average molecular weight is 435 g/mol. The molecule has 2 aromatic carbocycles. The van der Waals surface area contributed by atoms with E-state index >= 15 is 0 Å². The summed E-state index contributed by atoms with van der Waals surface area (Å²) in [6.45, 7) is 4.07. The number of methoxy groups -OCH3 is 2. The summed E-state index contributed by atoms with van der Waals surface area (Å²) in [4.78, 5) is 24.3. The van der Waals surface area contributed by atoms with Crippen LogP contribution in [0.15, 0.2) is 71.1 Å². The summed E-state index contributed by atoms with van der Waals surface area (Å²) in [6, 6.07) is 16.1. The summed E-state index contributed by atoms with van der Waals surface area (Å²) in [5.74, 6) is -0.594. The number of hydrogen-bond acceptors (Lipinski definition) is 6. The van der Waals surface area contributed by atoms with Gasteiger partial charge in [0.05, 0.1) is 27.1 Å². The van der Waals surface area contributed by atoms with Crippen LogP contribution < -0.4 is 10.6 Å². The van der Waals surface area contributed by atoms with Crippen molar-refractivity contribution in [1.82, 2.24) is 0 Å². The summed E-state index contributed by atoms with van der Waals surface area (Å²) >= 11 is 0. The van der Waals surface area contributed by atoms with E-state index in [4.69, 9.17) is 9.47 Å². The Morgan fingerprint density at radius 2 is 1.03 bits per heavy atom. The lowest BCUT2D eigenvalue weighted by molar-refractivity contribution is -0.140. The Morgan fingerprint density at radius 1 is 0.688 bits per heavy atom. The molecule has 6 heteroatoms. The molecule has 2 N–H and O–H groups in total. The molecule has 0 unspecified atom stereocenters. The maximum absolute atomic E-state index is 12.1. The highest BCUT2D eigenvalue weighted by atomic mass is 16.5. The molecule has 0 heterocycles. The normalized spacial score (nSPS) is 13.6. The van der Waals surface area contributed by atoms with Crippen molar-refractivity contribution in [1.29, 1.82) is 0 Å². The van der Waals surface area contributed by atoms with Crippen LogP contribution in [-0.4, -0.2) is 26.2 Å². The third kappa shape index (κ3) is 6.23. The summed E-state index contributed by atoms with van der Waals surface area (Å²) in [6.07, 6.45) is 1.36. The van der Waals surface area contributed by atoms with Gasteiger partial charge in [0.25, 0.3) is 0 Å². The number of aryl methyl sites for hydroxylation is 2. The first kappa shape index (κ1) is 23.1. The van der Waals surface area contributed by atoms with E-state index in [2.05, 4.69) is 10.6 Å². The van der Waals surface area contributed by atoms with Crippen LogP contribution in [0, 0.1) is 13.8 Å². The molecule has 0 atom stereocenters. The quantitative estimate of drug-likeness (QED) is 0.552. The number of carbonyl (C=O) groups is 2. The van der Waals surface area contributed by atoms with Gasteiger partial charge in [0.15, 0.2) is 0 Å². The number of benzene rings is 2. The Morgan fingerprint density at radius 3 is 1.34 bits per heavy atom. The van der Waals surface area contributed by atoms with Crippen LogP contribution in [-0.2, 0) is 19.1 Å². The molecule has 32 heavy (non-hydrogen) atoms. The van der Waals surface area contributed by atoms with Gasteiger partial charge in [-0.2, -0.15) is 0 Å². The third-order valence-corrected chi connectivity index (χ3v) is 5.50. The predicted octanol–water partition coefficient (Wildman–Crippen LogP) is 5.26. The molecule has 0 aliphatic heterocycles. The Labute approximate surface area is 189 Å². The van der Waals surface area contributed by atoms with Gasteiger partial charge < -0.3 is 20.1 Å². The van der Waals surface area contributed by atoms with Gasteiger partial charge >= 0.3 is 11.9 Å². The van der Waals surface area contributed by atoms with Crippen LogP contribution in [0.4, 0.5) is 11.4 Å². The van der Waals surface area contributed by atoms with Crippen molar-refractivity contribution in [2.24, 2.45) is 0 Å². The number of carbonyl (C=O) groups excluding carboxylic acids is 2. The smallest absolute Gasteiger partial charge is 0.309 e. The zero-order valence-corrected chi connectivity index (χ0v) is 19.1. The third-order valence-electron chi connectivity index (χ3n) is 5.50. The minimum absolute atomic E-state index is 0.176. The first-order valence-corrected chi connectivity index (χ1v) is 10.6. The Balaban J connectivity index is 1.94. The number of nitrogens with one attached hydrogen (secondary N) is 2. The topological polar surface area (TPSA) is 76.7 Å². The van der Waals surface area contributed by atoms with Crippen molar-refractivity contribution >= 4 is 23.3 Å². The molecule has 0 radical (unpaired) electrons. The molecule has 3 rings (SSSR count). The molecule has 2 aromatic rings. The number of ether oxygens (including phenoxy) is 2. The van der Waals surface area contributed by atoms with Gasteiger partial charge in [0.2, 0.25) is 0 Å². The maximum atomic E-state index is 12.1. The zero-order valence-electron chi connectivity index (χ0n) is 19.1. The molecule has 6 nitrogen and oxygen atoms in total. The molecule has 1 aliphatic rings. The second kappa shape index (κ2) is 10.7. The molecule has 168 valence electrons. The van der Waals surface area contributed by atoms with Gasteiger partial charge in [0, 0.05) is 35.6 Å². The molecular weight excluding hydrogens is 404 g/mol. The van der Waals surface area contributed by atoms with Crippen molar-refractivity contribution in [2.45, 2.75) is 39.5 Å². The second-order valence-electron chi connectivity index (χ2n) is 8.01. The number of rotatable bonds is 8. The summed E-state index contributed by atoms with van der Waals surface area (Å²) < 4.78 is 9.86. The molecule has 0 amide bonds. The van der Waals surface area contributed by atoms with E-state index in [9.17, 15) is 9.59 Å². The Bertz CT molecular complexity index is 949. The van der Waals surface area contributed by atoms with Gasteiger partial charge in [-0.25, -0.2) is 0 Å². The fraction of sp³-hybridized carbons (Fsp3) is 0.308. The fourth-order valence-corrected chi connectivity index (χ4v) is 3.61. The van der Waals surface area contributed by atoms with E-state index in [1.165, 1.54) is 25.3 Å². The lowest BCUT2D eigenvalue weighted by Gasteiger charge is -2.27. The van der Waals surface area contributed by atoms with E-state index in [0.717, 1.165) is 33.9 Å². The van der Waals surface area contributed by atoms with Crippen LogP contribution in [0.25, 0.3) is 0 Å². The van der Waals surface area contributed by atoms with E-state index in [1.807, 2.05) is 62.4 Å². The van der Waals surface area contributed by atoms with Gasteiger partial charge in [-0.05, 0) is 49.3 Å². The summed E-state index contributed by atoms with van der Waals surface area (Å²) in [5, 5.41) is 6.92. The number of allylic oxidation sites excluding steroid dienone is 2. The van der Waals surface area contributed by atoms with Gasteiger partial charge in [-0.3, -0.25) is 9.59 Å². The van der Waals surface area contributed by atoms with Crippen LogP contribution in [0.5, 0.6) is 0 Å². The molecule has 0 saturated carbocycles. The second-order valence-corrected chi connectivity index (χ2v) is 8.01. The molecule has 0 saturated heterocycles. The van der Waals surface area contributed by atoms with Gasteiger partial charge in [-0.1, -0.05) is 35.4 Å². The highest BCUT2D eigenvalue weighted by molar-refractivity contribution is 5.76. The molecule has 0 bridgehead atoms. The minimum Gasteiger partial charge on any atom is -0.469 e. The van der Waals surface area contributed by atoms with Crippen LogP contribution >= 0.6 is 0 Å². The van der Waals surface area contributed by atoms with E-state index in [-0.39, 0.29) is 24.8 Å². The minimum atomic E-state index is -0.297. The highest BCUT2D eigenvalue weighted by Crippen LogP contribution is 2.35. The van der Waals surface area contributed by atoms with Crippen molar-refractivity contribution in [3.8, 4) is 0 Å². The molecule has 0 spiro atoms. The fourth-order valence-electron chi connectivity index (χ4n) is 3.61. The van der Waals surface area contributed by atoms with Crippen LogP contribution in [0.3, 0.4) is 0 Å². The summed E-state index contributed by atoms with van der Waals surface area (Å²) in [7, 11) is 2.78. The highest BCUT2D eigenvalue weighted by Gasteiger charge is 2.24. The predicted molar refractivity (Wildman–Crippen MR) is 126 cm³/mol. The lowest BCUT2D eigenvalue weighted by Crippen LogP contribution is -2.19. The van der Waals surface area contributed by atoms with Crippen molar-refractivity contribution < 1.29 is 19.1 Å². The first-order chi connectivity index (χ1) is 15.4. The number of hydrogen-bond donors (Lipinski definition) is 2. The van der Waals surface area contributed by atoms with Crippen molar-refractivity contribution in [3.05, 3.63) is 82.2 Å². The number of anilines is 2. The van der Waals surface area contributed by atoms with E-state index in [1.54, 1.807) is 0 Å². The lowest BCUT2D eigenvalue weighted by atomic mass is 9.89.